The van der Waals surface area contributed by atoms with Crippen LogP contribution < -0.4 is 5.32 Å². The second-order valence-corrected chi connectivity index (χ2v) is 4.73. The topological polar surface area (TPSA) is 78.9 Å². The van der Waals surface area contributed by atoms with E-state index in [2.05, 4.69) is 5.32 Å². The third kappa shape index (κ3) is 5.01. The molecule has 0 bridgehead atoms. The molecule has 0 spiro atoms. The smallest absolute Gasteiger partial charge is 0.305 e. The molecule has 1 saturated heterocycles. The molecule has 0 aromatic heterocycles. The van der Waals surface area contributed by atoms with Gasteiger partial charge in [-0.25, -0.2) is 0 Å². The van der Waals surface area contributed by atoms with Crippen LogP contribution in [0.5, 0.6) is 0 Å². The SMILES string of the molecule is CC(C)N(CCC(=O)O)C(=O)CC1CNCCO1. The van der Waals surface area contributed by atoms with Gasteiger partial charge in [-0.05, 0) is 13.8 Å². The maximum Gasteiger partial charge on any atom is 0.305 e. The number of nitrogens with zero attached hydrogens (tertiary/aromatic N) is 1. The first-order valence-corrected chi connectivity index (χ1v) is 6.34. The van der Waals surface area contributed by atoms with Crippen LogP contribution in [0.2, 0.25) is 0 Å². The van der Waals surface area contributed by atoms with Crippen molar-refractivity contribution in [3.63, 3.8) is 0 Å². The second kappa shape index (κ2) is 7.33. The Bertz CT molecular complexity index is 288. The molecule has 1 heterocycles. The molecule has 6 nitrogen and oxygen atoms in total. The molecule has 104 valence electrons. The maximum atomic E-state index is 12.1. The highest BCUT2D eigenvalue weighted by Crippen LogP contribution is 2.08. The van der Waals surface area contributed by atoms with E-state index in [0.29, 0.717) is 19.6 Å². The lowest BCUT2D eigenvalue weighted by Crippen LogP contribution is -2.44. The number of hydrogen-bond acceptors (Lipinski definition) is 4. The summed E-state index contributed by atoms with van der Waals surface area (Å²) in [6.07, 6.45) is 0.190. The monoisotopic (exact) mass is 258 g/mol. The second-order valence-electron chi connectivity index (χ2n) is 4.73. The molecular formula is C12H22N2O4. The molecule has 1 rings (SSSR count). The fraction of sp³-hybridized carbons (Fsp3) is 0.833. The molecule has 0 aliphatic carbocycles. The third-order valence-corrected chi connectivity index (χ3v) is 2.92. The molecule has 0 aromatic carbocycles. The van der Waals surface area contributed by atoms with Crippen molar-refractivity contribution in [1.82, 2.24) is 10.2 Å². The van der Waals surface area contributed by atoms with Crippen LogP contribution in [0.1, 0.15) is 26.7 Å². The number of carboxylic acid groups (broad SMARTS) is 1. The highest BCUT2D eigenvalue weighted by atomic mass is 16.5. The Hall–Kier alpha value is -1.14. The van der Waals surface area contributed by atoms with Gasteiger partial charge in [-0.1, -0.05) is 0 Å². The zero-order valence-corrected chi connectivity index (χ0v) is 11.0. The first kappa shape index (κ1) is 14.9. The predicted molar refractivity (Wildman–Crippen MR) is 66.3 cm³/mol. The summed E-state index contributed by atoms with van der Waals surface area (Å²) in [6, 6.07) is 0.00778. The van der Waals surface area contributed by atoms with Crippen LogP contribution in [-0.2, 0) is 14.3 Å². The lowest BCUT2D eigenvalue weighted by molar-refractivity contribution is -0.140. The van der Waals surface area contributed by atoms with Crippen molar-refractivity contribution in [2.75, 3.05) is 26.2 Å². The number of carbonyl (C=O) groups excluding carboxylic acids is 1. The van der Waals surface area contributed by atoms with Gasteiger partial charge in [-0.2, -0.15) is 0 Å². The Labute approximate surface area is 107 Å². The van der Waals surface area contributed by atoms with E-state index in [-0.39, 0.29) is 31.0 Å². The summed E-state index contributed by atoms with van der Waals surface area (Å²) in [5.41, 5.74) is 0. The molecule has 0 radical (unpaired) electrons. The fourth-order valence-electron chi connectivity index (χ4n) is 1.95. The van der Waals surface area contributed by atoms with Crippen molar-refractivity contribution in [2.45, 2.75) is 38.8 Å². The first-order valence-electron chi connectivity index (χ1n) is 6.34. The van der Waals surface area contributed by atoms with E-state index in [0.717, 1.165) is 6.54 Å². The minimum Gasteiger partial charge on any atom is -0.481 e. The lowest BCUT2D eigenvalue weighted by atomic mass is 10.1. The normalized spacial score (nSPS) is 19.8. The van der Waals surface area contributed by atoms with Crippen molar-refractivity contribution in [1.29, 1.82) is 0 Å². The predicted octanol–water partition coefficient (Wildman–Crippen LogP) is 0.0766. The van der Waals surface area contributed by atoms with Crippen molar-refractivity contribution in [2.24, 2.45) is 0 Å². The van der Waals surface area contributed by atoms with Crippen molar-refractivity contribution in [3.05, 3.63) is 0 Å². The summed E-state index contributed by atoms with van der Waals surface area (Å²) >= 11 is 0. The zero-order valence-electron chi connectivity index (χ0n) is 11.0. The van der Waals surface area contributed by atoms with Gasteiger partial charge in [0.15, 0.2) is 0 Å². The standard InChI is InChI=1S/C12H22N2O4/c1-9(2)14(5-3-12(16)17)11(15)7-10-8-13-4-6-18-10/h9-10,13H,3-8H2,1-2H3,(H,16,17). The van der Waals surface area contributed by atoms with Gasteiger partial charge in [0.25, 0.3) is 0 Å². The van der Waals surface area contributed by atoms with Crippen LogP contribution in [0.15, 0.2) is 0 Å². The minimum atomic E-state index is -0.885. The number of carboxylic acids is 1. The van der Waals surface area contributed by atoms with Crippen molar-refractivity contribution < 1.29 is 19.4 Å². The zero-order chi connectivity index (χ0) is 13.5. The van der Waals surface area contributed by atoms with E-state index in [4.69, 9.17) is 9.84 Å². The quantitative estimate of drug-likeness (QED) is 0.705. The molecule has 1 atom stereocenters. The number of amides is 1. The average molecular weight is 258 g/mol. The minimum absolute atomic E-state index is 0.00778. The summed E-state index contributed by atoms with van der Waals surface area (Å²) in [4.78, 5) is 24.3. The van der Waals surface area contributed by atoms with E-state index in [1.54, 1.807) is 4.90 Å². The van der Waals surface area contributed by atoms with Crippen LogP contribution >= 0.6 is 0 Å². The molecule has 1 amide bonds. The summed E-state index contributed by atoms with van der Waals surface area (Å²) in [5, 5.41) is 11.8. The Kier molecular flexibility index (Phi) is 6.07. The number of aliphatic carboxylic acids is 1. The molecular weight excluding hydrogens is 236 g/mol. The number of nitrogens with one attached hydrogen (secondary N) is 1. The van der Waals surface area contributed by atoms with E-state index < -0.39 is 5.97 Å². The summed E-state index contributed by atoms with van der Waals surface area (Å²) in [7, 11) is 0. The molecule has 1 aliphatic rings. The Morgan fingerprint density at radius 3 is 2.72 bits per heavy atom. The van der Waals surface area contributed by atoms with Gasteiger partial charge in [0.1, 0.15) is 0 Å². The number of rotatable bonds is 6. The fourth-order valence-corrected chi connectivity index (χ4v) is 1.95. The lowest BCUT2D eigenvalue weighted by Gasteiger charge is -2.29. The summed E-state index contributed by atoms with van der Waals surface area (Å²) in [5.74, 6) is -0.927. The van der Waals surface area contributed by atoms with Gasteiger partial charge in [0, 0.05) is 25.7 Å². The maximum absolute atomic E-state index is 12.1. The Balaban J connectivity index is 2.45. The van der Waals surface area contributed by atoms with Crippen molar-refractivity contribution >= 4 is 11.9 Å². The largest absolute Gasteiger partial charge is 0.481 e. The summed E-state index contributed by atoms with van der Waals surface area (Å²) in [6.45, 7) is 6.15. The van der Waals surface area contributed by atoms with E-state index in [1.165, 1.54) is 0 Å². The van der Waals surface area contributed by atoms with Gasteiger partial charge < -0.3 is 20.1 Å². The van der Waals surface area contributed by atoms with Crippen LogP contribution in [0.4, 0.5) is 0 Å². The highest BCUT2D eigenvalue weighted by molar-refractivity contribution is 5.77. The molecule has 1 aliphatic heterocycles. The van der Waals surface area contributed by atoms with E-state index in [1.807, 2.05) is 13.8 Å². The van der Waals surface area contributed by atoms with Gasteiger partial charge in [0.05, 0.1) is 25.6 Å². The number of ether oxygens (including phenoxy) is 1. The number of morpholine rings is 1. The Morgan fingerprint density at radius 2 is 2.22 bits per heavy atom. The van der Waals surface area contributed by atoms with Crippen LogP contribution in [0.3, 0.4) is 0 Å². The molecule has 2 N–H and O–H groups in total. The molecule has 1 fully saturated rings. The van der Waals surface area contributed by atoms with Crippen molar-refractivity contribution in [3.8, 4) is 0 Å². The van der Waals surface area contributed by atoms with Crippen LogP contribution in [0.25, 0.3) is 0 Å². The van der Waals surface area contributed by atoms with E-state index in [9.17, 15) is 9.59 Å². The molecule has 18 heavy (non-hydrogen) atoms. The van der Waals surface area contributed by atoms with E-state index >= 15 is 0 Å². The van der Waals surface area contributed by atoms with Crippen LogP contribution in [0, 0.1) is 0 Å². The Morgan fingerprint density at radius 1 is 1.50 bits per heavy atom. The van der Waals surface area contributed by atoms with Crippen LogP contribution in [-0.4, -0.2) is 60.3 Å². The summed E-state index contributed by atoms with van der Waals surface area (Å²) < 4.78 is 5.48. The highest BCUT2D eigenvalue weighted by Gasteiger charge is 2.23. The molecule has 0 saturated carbocycles. The molecule has 0 aromatic rings. The molecule has 6 heteroatoms. The van der Waals surface area contributed by atoms with Gasteiger partial charge in [-0.15, -0.1) is 0 Å². The van der Waals surface area contributed by atoms with Gasteiger partial charge >= 0.3 is 5.97 Å². The van der Waals surface area contributed by atoms with Gasteiger partial charge in [0.2, 0.25) is 5.91 Å². The first-order chi connectivity index (χ1) is 8.50. The number of carbonyl (C=O) groups is 2. The average Bonchev–Trinajstić information content (AvgIpc) is 2.29. The number of hydrogen-bond donors (Lipinski definition) is 2. The third-order valence-electron chi connectivity index (χ3n) is 2.92. The van der Waals surface area contributed by atoms with Gasteiger partial charge in [-0.3, -0.25) is 9.59 Å². The molecule has 1 unspecified atom stereocenters.